The molecule has 3 aromatic rings. The molecule has 23 heavy (non-hydrogen) atoms. The van der Waals surface area contributed by atoms with Crippen LogP contribution in [0.4, 0.5) is 4.39 Å². The maximum Gasteiger partial charge on any atom is 0.323 e. The molecule has 0 saturated heterocycles. The van der Waals surface area contributed by atoms with Crippen molar-refractivity contribution in [1.82, 2.24) is 15.3 Å². The van der Waals surface area contributed by atoms with E-state index in [1.165, 1.54) is 12.1 Å². The van der Waals surface area contributed by atoms with E-state index >= 15 is 0 Å². The number of nitrogens with one attached hydrogen (secondary N) is 3. The van der Waals surface area contributed by atoms with Gasteiger partial charge >= 0.3 is 5.69 Å². The Morgan fingerprint density at radius 1 is 1.00 bits per heavy atom. The molecule has 2 aromatic carbocycles. The normalized spacial score (nSPS) is 10.8. The summed E-state index contributed by atoms with van der Waals surface area (Å²) in [5, 5.41) is 2.84. The topological polar surface area (TPSA) is 77.8 Å². The van der Waals surface area contributed by atoms with Gasteiger partial charge in [0.2, 0.25) is 5.91 Å². The number of rotatable bonds is 5. The summed E-state index contributed by atoms with van der Waals surface area (Å²) in [7, 11) is 0. The number of hydrogen-bond donors (Lipinski definition) is 3. The smallest absolute Gasteiger partial charge is 0.323 e. The van der Waals surface area contributed by atoms with Crippen molar-refractivity contribution in [2.75, 3.05) is 6.54 Å². The Hall–Kier alpha value is -2.89. The Labute approximate surface area is 131 Å². The van der Waals surface area contributed by atoms with Crippen molar-refractivity contribution in [2.24, 2.45) is 0 Å². The molecular weight excluding hydrogens is 297 g/mol. The van der Waals surface area contributed by atoms with Gasteiger partial charge in [0.1, 0.15) is 5.82 Å². The molecule has 0 spiro atoms. The largest absolute Gasteiger partial charge is 0.355 e. The highest BCUT2D eigenvalue weighted by atomic mass is 19.1. The number of aromatic amines is 2. The SMILES string of the molecule is O=C(Cc1ccc2[nH]c(=O)[nH]c2c1)NCCc1ccc(F)cc1. The highest BCUT2D eigenvalue weighted by Gasteiger charge is 2.05. The van der Waals surface area contributed by atoms with Crippen LogP contribution in [0.1, 0.15) is 11.1 Å². The number of H-pyrrole nitrogens is 2. The summed E-state index contributed by atoms with van der Waals surface area (Å²) >= 11 is 0. The number of aromatic nitrogens is 2. The van der Waals surface area contributed by atoms with Crippen LogP contribution in [0.25, 0.3) is 11.0 Å². The highest BCUT2D eigenvalue weighted by molar-refractivity contribution is 5.81. The minimum Gasteiger partial charge on any atom is -0.355 e. The number of hydrogen-bond acceptors (Lipinski definition) is 2. The Kier molecular flexibility index (Phi) is 4.23. The van der Waals surface area contributed by atoms with Crippen LogP contribution in [0.5, 0.6) is 0 Å². The number of carbonyl (C=O) groups is 1. The van der Waals surface area contributed by atoms with Gasteiger partial charge in [-0.3, -0.25) is 4.79 Å². The number of benzene rings is 2. The molecule has 0 aliphatic heterocycles. The van der Waals surface area contributed by atoms with Crippen LogP contribution in [0.2, 0.25) is 0 Å². The van der Waals surface area contributed by atoms with Gasteiger partial charge in [-0.15, -0.1) is 0 Å². The molecule has 0 atom stereocenters. The molecule has 118 valence electrons. The fourth-order valence-electron chi connectivity index (χ4n) is 2.43. The molecule has 6 heteroatoms. The van der Waals surface area contributed by atoms with Gasteiger partial charge in [-0.05, 0) is 41.8 Å². The van der Waals surface area contributed by atoms with Gasteiger partial charge in [-0.2, -0.15) is 0 Å². The van der Waals surface area contributed by atoms with Crippen LogP contribution in [-0.4, -0.2) is 22.4 Å². The lowest BCUT2D eigenvalue weighted by molar-refractivity contribution is -0.120. The Bertz CT molecular complexity index is 881. The predicted molar refractivity (Wildman–Crippen MR) is 85.7 cm³/mol. The van der Waals surface area contributed by atoms with Crippen LogP contribution in [0, 0.1) is 5.82 Å². The quantitative estimate of drug-likeness (QED) is 0.673. The minimum atomic E-state index is -0.268. The molecule has 0 bridgehead atoms. The van der Waals surface area contributed by atoms with E-state index in [9.17, 15) is 14.0 Å². The zero-order valence-electron chi connectivity index (χ0n) is 12.4. The van der Waals surface area contributed by atoms with Gasteiger partial charge < -0.3 is 15.3 Å². The fourth-order valence-corrected chi connectivity index (χ4v) is 2.43. The lowest BCUT2D eigenvalue weighted by Crippen LogP contribution is -2.27. The lowest BCUT2D eigenvalue weighted by Gasteiger charge is -2.06. The van der Waals surface area contributed by atoms with E-state index in [1.54, 1.807) is 24.3 Å². The number of halogens is 1. The second-order valence-electron chi connectivity index (χ2n) is 5.36. The monoisotopic (exact) mass is 313 g/mol. The molecule has 3 rings (SSSR count). The van der Waals surface area contributed by atoms with Crippen molar-refractivity contribution in [2.45, 2.75) is 12.8 Å². The molecule has 0 fully saturated rings. The average molecular weight is 313 g/mol. The van der Waals surface area contributed by atoms with E-state index in [2.05, 4.69) is 15.3 Å². The molecule has 1 heterocycles. The summed E-state index contributed by atoms with van der Waals surface area (Å²) < 4.78 is 12.8. The van der Waals surface area contributed by atoms with Crippen LogP contribution in [0.15, 0.2) is 47.3 Å². The summed E-state index contributed by atoms with van der Waals surface area (Å²) in [5.41, 5.74) is 2.94. The third kappa shape index (κ3) is 3.85. The fraction of sp³-hybridized carbons (Fsp3) is 0.176. The second kappa shape index (κ2) is 6.48. The summed E-state index contributed by atoms with van der Waals surface area (Å²) in [4.78, 5) is 28.5. The number of carbonyl (C=O) groups excluding carboxylic acids is 1. The second-order valence-corrected chi connectivity index (χ2v) is 5.36. The van der Waals surface area contributed by atoms with Gasteiger partial charge in [0, 0.05) is 6.54 Å². The minimum absolute atomic E-state index is 0.0932. The molecule has 3 N–H and O–H groups in total. The molecule has 0 aliphatic carbocycles. The summed E-state index contributed by atoms with van der Waals surface area (Å²) in [6.45, 7) is 0.494. The molecule has 1 aromatic heterocycles. The molecule has 0 saturated carbocycles. The molecular formula is C17H16FN3O2. The van der Waals surface area contributed by atoms with Crippen LogP contribution in [-0.2, 0) is 17.6 Å². The van der Waals surface area contributed by atoms with Crippen molar-refractivity contribution in [3.05, 3.63) is 69.9 Å². The molecule has 0 unspecified atom stereocenters. The summed E-state index contributed by atoms with van der Waals surface area (Å²) in [6, 6.07) is 11.6. The van der Waals surface area contributed by atoms with Crippen molar-refractivity contribution in [1.29, 1.82) is 0 Å². The first-order chi connectivity index (χ1) is 11.1. The zero-order valence-corrected chi connectivity index (χ0v) is 12.4. The first-order valence-electron chi connectivity index (χ1n) is 7.32. The zero-order chi connectivity index (χ0) is 16.2. The van der Waals surface area contributed by atoms with E-state index in [1.807, 2.05) is 6.07 Å². The summed E-state index contributed by atoms with van der Waals surface area (Å²) in [6.07, 6.45) is 0.892. The number of imidazole rings is 1. The van der Waals surface area contributed by atoms with Crippen molar-refractivity contribution in [3.8, 4) is 0 Å². The number of amides is 1. The third-order valence-electron chi connectivity index (χ3n) is 3.59. The molecule has 1 amide bonds. The van der Waals surface area contributed by atoms with Gasteiger partial charge in [0.05, 0.1) is 17.5 Å². The van der Waals surface area contributed by atoms with Gasteiger partial charge in [-0.1, -0.05) is 18.2 Å². The highest BCUT2D eigenvalue weighted by Crippen LogP contribution is 2.10. The third-order valence-corrected chi connectivity index (χ3v) is 3.59. The first kappa shape index (κ1) is 15.0. The van der Waals surface area contributed by atoms with Gasteiger partial charge in [-0.25, -0.2) is 9.18 Å². The Morgan fingerprint density at radius 2 is 1.70 bits per heavy atom. The van der Waals surface area contributed by atoms with E-state index in [0.29, 0.717) is 18.5 Å². The van der Waals surface area contributed by atoms with Gasteiger partial charge in [0.25, 0.3) is 0 Å². The Balaban J connectivity index is 1.53. The van der Waals surface area contributed by atoms with Crippen molar-refractivity contribution >= 4 is 16.9 Å². The standard InChI is InChI=1S/C17H16FN3O2/c18-13-4-1-11(2-5-13)7-8-19-16(22)10-12-3-6-14-15(9-12)21-17(23)20-14/h1-6,9H,7-8,10H2,(H,19,22)(H2,20,21,23). The summed E-state index contributed by atoms with van der Waals surface area (Å²) in [5.74, 6) is -0.361. The van der Waals surface area contributed by atoms with E-state index in [4.69, 9.17) is 0 Å². The van der Waals surface area contributed by atoms with Crippen molar-refractivity contribution in [3.63, 3.8) is 0 Å². The average Bonchev–Trinajstić information content (AvgIpc) is 2.88. The number of fused-ring (bicyclic) bond motifs is 1. The van der Waals surface area contributed by atoms with E-state index < -0.39 is 0 Å². The van der Waals surface area contributed by atoms with Crippen LogP contribution >= 0.6 is 0 Å². The van der Waals surface area contributed by atoms with E-state index in [0.717, 1.165) is 16.6 Å². The molecule has 5 nitrogen and oxygen atoms in total. The molecule has 0 aliphatic rings. The molecule has 0 radical (unpaired) electrons. The maximum atomic E-state index is 12.8. The van der Waals surface area contributed by atoms with Crippen LogP contribution in [0.3, 0.4) is 0 Å². The maximum absolute atomic E-state index is 12.8. The Morgan fingerprint density at radius 3 is 2.48 bits per heavy atom. The lowest BCUT2D eigenvalue weighted by atomic mass is 10.1. The predicted octanol–water partition coefficient (Wildman–Crippen LogP) is 1.90. The van der Waals surface area contributed by atoms with Gasteiger partial charge in [0.15, 0.2) is 0 Å². The van der Waals surface area contributed by atoms with Crippen LogP contribution < -0.4 is 11.0 Å². The van der Waals surface area contributed by atoms with Crippen molar-refractivity contribution < 1.29 is 9.18 Å². The van der Waals surface area contributed by atoms with E-state index in [-0.39, 0.29) is 23.8 Å². The first-order valence-corrected chi connectivity index (χ1v) is 7.32.